The molecule has 168 valence electrons. The molecule has 2 aromatic carbocycles. The van der Waals surface area contributed by atoms with Gasteiger partial charge >= 0.3 is 0 Å². The summed E-state index contributed by atoms with van der Waals surface area (Å²) in [7, 11) is -3.55. The maximum atomic E-state index is 12.2. The van der Waals surface area contributed by atoms with Gasteiger partial charge < -0.3 is 10.1 Å². The Morgan fingerprint density at radius 3 is 2.45 bits per heavy atom. The molecule has 0 saturated carbocycles. The van der Waals surface area contributed by atoms with Crippen LogP contribution in [-0.4, -0.2) is 46.1 Å². The number of ketones is 1. The van der Waals surface area contributed by atoms with Crippen LogP contribution >= 0.6 is 0 Å². The number of ether oxygens (including phenoxy) is 1. The fraction of sp³-hybridized carbons (Fsp3) is 0.391. The van der Waals surface area contributed by atoms with Gasteiger partial charge in [0.15, 0.2) is 5.78 Å². The molecule has 0 aliphatic carbocycles. The first-order chi connectivity index (χ1) is 14.6. The van der Waals surface area contributed by atoms with Crippen LogP contribution in [0.5, 0.6) is 5.75 Å². The van der Waals surface area contributed by atoms with Crippen molar-refractivity contribution in [2.45, 2.75) is 33.6 Å². The van der Waals surface area contributed by atoms with Crippen molar-refractivity contribution in [3.63, 3.8) is 0 Å². The highest BCUT2D eigenvalue weighted by Gasteiger charge is 2.18. The normalized spacial score (nSPS) is 11.1. The smallest absolute Gasteiger partial charge is 0.232 e. The number of nitrogens with zero attached hydrogens (tertiary/aromatic N) is 1. The van der Waals surface area contributed by atoms with Gasteiger partial charge in [0, 0.05) is 18.5 Å². The van der Waals surface area contributed by atoms with Crippen molar-refractivity contribution in [3.05, 3.63) is 59.2 Å². The summed E-state index contributed by atoms with van der Waals surface area (Å²) in [4.78, 5) is 23.7. The molecule has 0 bridgehead atoms. The molecule has 8 heteroatoms. The first kappa shape index (κ1) is 24.4. The molecule has 2 aromatic rings. The fourth-order valence-corrected chi connectivity index (χ4v) is 3.96. The predicted molar refractivity (Wildman–Crippen MR) is 122 cm³/mol. The highest BCUT2D eigenvalue weighted by Crippen LogP contribution is 2.20. The molecular weight excluding hydrogens is 416 g/mol. The van der Waals surface area contributed by atoms with Crippen LogP contribution in [0.3, 0.4) is 0 Å². The van der Waals surface area contributed by atoms with Gasteiger partial charge in [-0.05, 0) is 62.6 Å². The number of sulfonamides is 1. The number of amides is 1. The molecule has 1 amide bonds. The minimum Gasteiger partial charge on any atom is -0.492 e. The Balaban J connectivity index is 1.81. The summed E-state index contributed by atoms with van der Waals surface area (Å²) in [6.45, 7) is 6.33. The van der Waals surface area contributed by atoms with Crippen LogP contribution in [0.4, 0.5) is 5.69 Å². The van der Waals surface area contributed by atoms with Crippen LogP contribution < -0.4 is 14.4 Å². The van der Waals surface area contributed by atoms with E-state index in [0.717, 1.165) is 17.6 Å². The Morgan fingerprint density at radius 2 is 1.81 bits per heavy atom. The van der Waals surface area contributed by atoms with E-state index >= 15 is 0 Å². The summed E-state index contributed by atoms with van der Waals surface area (Å²) in [5.41, 5.74) is 3.19. The highest BCUT2D eigenvalue weighted by atomic mass is 32.2. The van der Waals surface area contributed by atoms with Crippen molar-refractivity contribution in [1.82, 2.24) is 5.32 Å². The molecule has 0 saturated heterocycles. The van der Waals surface area contributed by atoms with Gasteiger partial charge in [-0.3, -0.25) is 13.9 Å². The first-order valence-corrected chi connectivity index (χ1v) is 12.0. The number of benzene rings is 2. The lowest BCUT2D eigenvalue weighted by Crippen LogP contribution is -2.33. The summed E-state index contributed by atoms with van der Waals surface area (Å²) in [5.74, 6) is 0.446. The van der Waals surface area contributed by atoms with Gasteiger partial charge in [-0.15, -0.1) is 0 Å². The quantitative estimate of drug-likeness (QED) is 0.423. The lowest BCUT2D eigenvalue weighted by molar-refractivity contribution is -0.121. The zero-order chi connectivity index (χ0) is 23.0. The third-order valence-corrected chi connectivity index (χ3v) is 6.07. The number of hydrogen-bond acceptors (Lipinski definition) is 5. The van der Waals surface area contributed by atoms with E-state index in [1.807, 2.05) is 32.0 Å². The first-order valence-electron chi connectivity index (χ1n) is 10.1. The Morgan fingerprint density at radius 1 is 1.06 bits per heavy atom. The predicted octanol–water partition coefficient (Wildman–Crippen LogP) is 3.25. The SMILES string of the molecule is CC(=O)c1cccc(N(CCCC(=O)NCCOc2ccc(C)c(C)c2)S(C)(=O)=O)c1. The second-order valence-electron chi connectivity index (χ2n) is 7.49. The molecule has 0 aromatic heterocycles. The molecule has 7 nitrogen and oxygen atoms in total. The van der Waals surface area contributed by atoms with E-state index in [-0.39, 0.29) is 24.7 Å². The van der Waals surface area contributed by atoms with Crippen LogP contribution in [0.25, 0.3) is 0 Å². The van der Waals surface area contributed by atoms with Crippen molar-refractivity contribution in [2.24, 2.45) is 0 Å². The Labute approximate surface area is 184 Å². The summed E-state index contributed by atoms with van der Waals surface area (Å²) in [6.07, 6.45) is 1.64. The molecule has 31 heavy (non-hydrogen) atoms. The number of hydrogen-bond donors (Lipinski definition) is 1. The number of aryl methyl sites for hydroxylation is 2. The third-order valence-electron chi connectivity index (χ3n) is 4.88. The molecule has 0 spiro atoms. The molecule has 0 radical (unpaired) electrons. The number of anilines is 1. The Hall–Kier alpha value is -2.87. The number of carbonyl (C=O) groups excluding carboxylic acids is 2. The van der Waals surface area contributed by atoms with Gasteiger partial charge in [-0.1, -0.05) is 18.2 Å². The average molecular weight is 447 g/mol. The second kappa shape index (κ2) is 10.9. The fourth-order valence-electron chi connectivity index (χ4n) is 3.00. The monoisotopic (exact) mass is 446 g/mol. The maximum Gasteiger partial charge on any atom is 0.232 e. The Kier molecular flexibility index (Phi) is 8.62. The molecule has 0 atom stereocenters. The lowest BCUT2D eigenvalue weighted by Gasteiger charge is -2.22. The Bertz CT molecular complexity index is 1030. The van der Waals surface area contributed by atoms with E-state index in [9.17, 15) is 18.0 Å². The third kappa shape index (κ3) is 7.71. The maximum absolute atomic E-state index is 12.2. The van der Waals surface area contributed by atoms with Crippen molar-refractivity contribution in [3.8, 4) is 5.75 Å². The minimum absolute atomic E-state index is 0.141. The standard InChI is InChI=1S/C23H30N2O5S/c1-17-10-11-22(15-18(17)2)30-14-12-24-23(27)9-6-13-25(31(4,28)29)21-8-5-7-20(16-21)19(3)26/h5,7-8,10-11,15-16H,6,9,12-14H2,1-4H3,(H,24,27). The van der Waals surface area contributed by atoms with Gasteiger partial charge in [-0.25, -0.2) is 8.42 Å². The minimum atomic E-state index is -3.55. The van der Waals surface area contributed by atoms with Crippen LogP contribution in [0.1, 0.15) is 41.3 Å². The number of rotatable bonds is 11. The van der Waals surface area contributed by atoms with Crippen LogP contribution in [0, 0.1) is 13.8 Å². The largest absolute Gasteiger partial charge is 0.492 e. The van der Waals surface area contributed by atoms with E-state index in [1.54, 1.807) is 24.3 Å². The zero-order valence-corrected chi connectivity index (χ0v) is 19.3. The van der Waals surface area contributed by atoms with E-state index < -0.39 is 10.0 Å². The van der Waals surface area contributed by atoms with Gasteiger partial charge in [0.2, 0.25) is 15.9 Å². The average Bonchev–Trinajstić information content (AvgIpc) is 2.70. The van der Waals surface area contributed by atoms with Crippen molar-refractivity contribution >= 4 is 27.4 Å². The van der Waals surface area contributed by atoms with Crippen molar-refractivity contribution < 1.29 is 22.7 Å². The molecular formula is C23H30N2O5S. The van der Waals surface area contributed by atoms with Crippen molar-refractivity contribution in [2.75, 3.05) is 30.3 Å². The zero-order valence-electron chi connectivity index (χ0n) is 18.5. The number of carbonyl (C=O) groups is 2. The summed E-state index contributed by atoms with van der Waals surface area (Å²) < 4.78 is 31.3. The van der Waals surface area contributed by atoms with E-state index in [2.05, 4.69) is 5.32 Å². The van der Waals surface area contributed by atoms with Gasteiger partial charge in [-0.2, -0.15) is 0 Å². The van der Waals surface area contributed by atoms with Crippen LogP contribution in [0.15, 0.2) is 42.5 Å². The molecule has 0 aliphatic rings. The molecule has 1 N–H and O–H groups in total. The van der Waals surface area contributed by atoms with Gasteiger partial charge in [0.1, 0.15) is 12.4 Å². The highest BCUT2D eigenvalue weighted by molar-refractivity contribution is 7.92. The summed E-state index contributed by atoms with van der Waals surface area (Å²) in [5, 5.41) is 2.78. The van der Waals surface area contributed by atoms with Crippen LogP contribution in [-0.2, 0) is 14.8 Å². The summed E-state index contributed by atoms with van der Waals surface area (Å²) >= 11 is 0. The van der Waals surface area contributed by atoms with E-state index in [4.69, 9.17) is 4.74 Å². The van der Waals surface area contributed by atoms with E-state index in [1.165, 1.54) is 16.8 Å². The summed E-state index contributed by atoms with van der Waals surface area (Å²) in [6, 6.07) is 12.3. The van der Waals surface area contributed by atoms with Gasteiger partial charge in [0.25, 0.3) is 0 Å². The molecule has 0 unspecified atom stereocenters. The number of Topliss-reactive ketones (excluding diaryl/α,β-unsaturated/α-hetero) is 1. The number of nitrogens with one attached hydrogen (secondary N) is 1. The molecule has 0 aliphatic heterocycles. The van der Waals surface area contributed by atoms with E-state index in [0.29, 0.717) is 30.8 Å². The topological polar surface area (TPSA) is 92.8 Å². The lowest BCUT2D eigenvalue weighted by atomic mass is 10.1. The van der Waals surface area contributed by atoms with Crippen molar-refractivity contribution in [1.29, 1.82) is 0 Å². The molecule has 0 fully saturated rings. The molecule has 0 heterocycles. The van der Waals surface area contributed by atoms with Crippen LogP contribution in [0.2, 0.25) is 0 Å². The van der Waals surface area contributed by atoms with Gasteiger partial charge in [0.05, 0.1) is 18.5 Å². The molecule has 2 rings (SSSR count). The second-order valence-corrected chi connectivity index (χ2v) is 9.40.